The molecule has 1 saturated heterocycles. The third kappa shape index (κ3) is 3.59. The molecular weight excluding hydrogens is 360 g/mol. The van der Waals surface area contributed by atoms with Crippen molar-refractivity contribution < 1.29 is 9.90 Å². The number of thioether (sulfide) groups is 2. The van der Waals surface area contributed by atoms with E-state index in [1.165, 1.54) is 35.2 Å². The van der Waals surface area contributed by atoms with Gasteiger partial charge in [0.1, 0.15) is 4.32 Å². The first-order chi connectivity index (χ1) is 11.7. The van der Waals surface area contributed by atoms with E-state index in [0.29, 0.717) is 22.3 Å². The third-order valence-electron chi connectivity index (χ3n) is 4.23. The fourth-order valence-corrected chi connectivity index (χ4v) is 5.64. The lowest BCUT2D eigenvalue weighted by molar-refractivity contribution is -0.122. The van der Waals surface area contributed by atoms with Crippen LogP contribution in [0.5, 0.6) is 0 Å². The van der Waals surface area contributed by atoms with Crippen molar-refractivity contribution >= 4 is 46.0 Å². The molecule has 1 fully saturated rings. The lowest BCUT2D eigenvalue weighted by Crippen LogP contribution is -2.28. The van der Waals surface area contributed by atoms with Gasteiger partial charge in [-0.2, -0.15) is 0 Å². The number of hydrogen-bond acceptors (Lipinski definition) is 6. The van der Waals surface area contributed by atoms with Crippen LogP contribution >= 0.6 is 35.7 Å². The predicted molar refractivity (Wildman–Crippen MR) is 105 cm³/mol. The van der Waals surface area contributed by atoms with Crippen LogP contribution in [0, 0.1) is 0 Å². The molecule has 0 unspecified atom stereocenters. The van der Waals surface area contributed by atoms with Crippen molar-refractivity contribution in [2.45, 2.75) is 39.0 Å². The molecule has 2 heterocycles. The van der Waals surface area contributed by atoms with Crippen LogP contribution in [0.25, 0.3) is 0 Å². The van der Waals surface area contributed by atoms with E-state index in [-0.39, 0.29) is 12.5 Å². The number of carbonyl (C=O) groups excluding carboxylic acids is 1. The van der Waals surface area contributed by atoms with Crippen LogP contribution < -0.4 is 0 Å². The summed E-state index contributed by atoms with van der Waals surface area (Å²) in [5, 5.41) is 10.5. The fourth-order valence-electron chi connectivity index (χ4n) is 3.12. The molecule has 2 aliphatic heterocycles. The van der Waals surface area contributed by atoms with Gasteiger partial charge in [-0.3, -0.25) is 9.69 Å². The molecule has 0 saturated carbocycles. The van der Waals surface area contributed by atoms with Crippen molar-refractivity contribution in [3.8, 4) is 0 Å². The lowest BCUT2D eigenvalue weighted by Gasteiger charge is -2.23. The smallest absolute Gasteiger partial charge is 0.266 e. The average Bonchev–Trinajstić information content (AvgIpc) is 3.06. The van der Waals surface area contributed by atoms with Gasteiger partial charge in [0.25, 0.3) is 5.91 Å². The van der Waals surface area contributed by atoms with E-state index in [2.05, 4.69) is 4.90 Å². The maximum atomic E-state index is 12.4. The van der Waals surface area contributed by atoms with Crippen molar-refractivity contribution in [3.63, 3.8) is 0 Å². The molecule has 0 atom stereocenters. The molecule has 1 N–H and O–H groups in total. The van der Waals surface area contributed by atoms with Crippen molar-refractivity contribution in [1.82, 2.24) is 9.80 Å². The summed E-state index contributed by atoms with van der Waals surface area (Å²) in [4.78, 5) is 18.4. The number of β-amino-alcohol motifs (C(OH)–C–C–N with tert-alkyl or cyclic N) is 1. The Morgan fingerprint density at radius 2 is 1.96 bits per heavy atom. The summed E-state index contributed by atoms with van der Waals surface area (Å²) in [5.41, 5.74) is 1.36. The number of carbonyl (C=O) groups is 1. The Balaban J connectivity index is 1.79. The summed E-state index contributed by atoms with van der Waals surface area (Å²) in [6.07, 6.45) is 9.46. The quantitative estimate of drug-likeness (QED) is 0.576. The summed E-state index contributed by atoms with van der Waals surface area (Å²) < 4.78 is 0.648. The van der Waals surface area contributed by atoms with Crippen molar-refractivity contribution in [1.29, 1.82) is 0 Å². The molecule has 0 aromatic rings. The number of aliphatic hydroxyl groups is 1. The summed E-state index contributed by atoms with van der Waals surface area (Å²) in [6, 6.07) is 0. The summed E-state index contributed by atoms with van der Waals surface area (Å²) in [7, 11) is 0. The topological polar surface area (TPSA) is 43.8 Å². The molecule has 4 nitrogen and oxygen atoms in total. The molecule has 7 heteroatoms. The first kappa shape index (κ1) is 18.0. The number of amides is 1. The normalized spacial score (nSPS) is 24.8. The van der Waals surface area contributed by atoms with Gasteiger partial charge < -0.3 is 10.0 Å². The highest BCUT2D eigenvalue weighted by atomic mass is 32.2. The predicted octanol–water partition coefficient (Wildman–Crippen LogP) is 3.81. The Hall–Kier alpha value is -0.760. The highest BCUT2D eigenvalue weighted by Crippen LogP contribution is 2.47. The van der Waals surface area contributed by atoms with Gasteiger partial charge in [-0.25, -0.2) is 0 Å². The molecule has 1 aliphatic carbocycles. The molecule has 0 radical (unpaired) electrons. The van der Waals surface area contributed by atoms with E-state index in [4.69, 9.17) is 12.2 Å². The molecule has 24 heavy (non-hydrogen) atoms. The number of hydrogen-bond donors (Lipinski definition) is 1. The standard InChI is InChI=1S/C17H22N2O2S3/c1-2-9-19-16(21)14(24-17(19)22)7-8-15-18(10-11-20)12-5-3-4-6-13(12)23-15/h7-8,20H,2-6,9-11H2,1H3/b14-7+,15-8+. The van der Waals surface area contributed by atoms with Crippen LogP contribution in [-0.2, 0) is 4.79 Å². The highest BCUT2D eigenvalue weighted by Gasteiger charge is 2.32. The first-order valence-corrected chi connectivity index (χ1v) is 10.4. The number of rotatable bonds is 5. The van der Waals surface area contributed by atoms with E-state index in [0.717, 1.165) is 24.3 Å². The third-order valence-corrected chi connectivity index (χ3v) is 6.88. The zero-order valence-electron chi connectivity index (χ0n) is 13.8. The molecular formula is C17H22N2O2S3. The van der Waals surface area contributed by atoms with Gasteiger partial charge in [0.15, 0.2) is 0 Å². The van der Waals surface area contributed by atoms with E-state index in [9.17, 15) is 9.90 Å². The maximum absolute atomic E-state index is 12.4. The van der Waals surface area contributed by atoms with Gasteiger partial charge in [0, 0.05) is 23.7 Å². The molecule has 1 amide bonds. The van der Waals surface area contributed by atoms with Crippen LogP contribution in [0.1, 0.15) is 39.0 Å². The van der Waals surface area contributed by atoms with Gasteiger partial charge in [0.05, 0.1) is 16.5 Å². The molecule has 0 bridgehead atoms. The van der Waals surface area contributed by atoms with E-state index in [1.807, 2.05) is 19.1 Å². The minimum atomic E-state index is 0.0122. The zero-order valence-corrected chi connectivity index (χ0v) is 16.2. The summed E-state index contributed by atoms with van der Waals surface area (Å²) in [5.74, 6) is 0.0122. The maximum Gasteiger partial charge on any atom is 0.266 e. The summed E-state index contributed by atoms with van der Waals surface area (Å²) >= 11 is 8.47. The Morgan fingerprint density at radius 3 is 2.71 bits per heavy atom. The van der Waals surface area contributed by atoms with E-state index in [1.54, 1.807) is 16.7 Å². The SMILES string of the molecule is CCCN1C(=O)/C(=C\C=C2\SC3=C(CCCC3)N2CCO)SC1=S. The minimum absolute atomic E-state index is 0.0122. The second kappa shape index (κ2) is 8.08. The van der Waals surface area contributed by atoms with Crippen LogP contribution in [0.2, 0.25) is 0 Å². The van der Waals surface area contributed by atoms with Crippen LogP contribution in [0.3, 0.4) is 0 Å². The highest BCUT2D eigenvalue weighted by molar-refractivity contribution is 8.26. The number of thiocarbonyl (C=S) groups is 1. The lowest BCUT2D eigenvalue weighted by atomic mass is 10.0. The van der Waals surface area contributed by atoms with Gasteiger partial charge in [-0.15, -0.1) is 0 Å². The monoisotopic (exact) mass is 382 g/mol. The first-order valence-electron chi connectivity index (χ1n) is 8.39. The summed E-state index contributed by atoms with van der Waals surface area (Å²) in [6.45, 7) is 3.47. The van der Waals surface area contributed by atoms with E-state index >= 15 is 0 Å². The van der Waals surface area contributed by atoms with Crippen molar-refractivity contribution in [2.24, 2.45) is 0 Å². The number of allylic oxidation sites excluding steroid dienone is 4. The van der Waals surface area contributed by atoms with Crippen molar-refractivity contribution in [3.05, 3.63) is 32.7 Å². The molecule has 0 spiro atoms. The second-order valence-electron chi connectivity index (χ2n) is 5.91. The van der Waals surface area contributed by atoms with Gasteiger partial charge >= 0.3 is 0 Å². The Bertz CT molecular complexity index is 640. The molecule has 3 aliphatic rings. The fraction of sp³-hybridized carbons (Fsp3) is 0.529. The Morgan fingerprint density at radius 1 is 1.17 bits per heavy atom. The van der Waals surface area contributed by atoms with Crippen molar-refractivity contribution in [2.75, 3.05) is 19.7 Å². The van der Waals surface area contributed by atoms with Gasteiger partial charge in [-0.1, -0.05) is 42.7 Å². The molecule has 0 aromatic carbocycles. The molecule has 0 aromatic heterocycles. The molecule has 3 rings (SSSR count). The van der Waals surface area contributed by atoms with Crippen LogP contribution in [-0.4, -0.2) is 44.8 Å². The average molecular weight is 383 g/mol. The second-order valence-corrected chi connectivity index (χ2v) is 8.71. The van der Waals surface area contributed by atoms with Gasteiger partial charge in [0.2, 0.25) is 0 Å². The number of nitrogens with zero attached hydrogens (tertiary/aromatic N) is 2. The molecule has 130 valence electrons. The number of aliphatic hydroxyl groups excluding tert-OH is 1. The Kier molecular flexibility index (Phi) is 6.07. The zero-order chi connectivity index (χ0) is 17.1. The van der Waals surface area contributed by atoms with E-state index < -0.39 is 0 Å². The van der Waals surface area contributed by atoms with Crippen LogP contribution in [0.4, 0.5) is 0 Å². The van der Waals surface area contributed by atoms with Gasteiger partial charge in [-0.05, 0) is 44.3 Å². The Labute approximate surface area is 157 Å². The van der Waals surface area contributed by atoms with Crippen LogP contribution in [0.15, 0.2) is 32.7 Å². The largest absolute Gasteiger partial charge is 0.395 e. The minimum Gasteiger partial charge on any atom is -0.395 e.